The van der Waals surface area contributed by atoms with Crippen LogP contribution in [-0.2, 0) is 0 Å². The molecule has 1 atom stereocenters. The number of piperazine rings is 1. The Kier molecular flexibility index (Phi) is 3.80. The lowest BCUT2D eigenvalue weighted by Gasteiger charge is -2.33. The number of nitrogens with zero attached hydrogens (tertiary/aromatic N) is 1. The van der Waals surface area contributed by atoms with Gasteiger partial charge in [0.2, 0.25) is 0 Å². The van der Waals surface area contributed by atoms with Crippen LogP contribution in [0.25, 0.3) is 0 Å². The lowest BCUT2D eigenvalue weighted by atomic mass is 10.0. The van der Waals surface area contributed by atoms with Crippen molar-refractivity contribution < 1.29 is 4.74 Å². The second-order valence-corrected chi connectivity index (χ2v) is 4.18. The Morgan fingerprint density at radius 3 is 3.12 bits per heavy atom. The van der Waals surface area contributed by atoms with Gasteiger partial charge in [0.25, 0.3) is 0 Å². The van der Waals surface area contributed by atoms with Gasteiger partial charge in [0.15, 0.2) is 0 Å². The molecule has 3 heteroatoms. The Labute approximate surface area is 97.4 Å². The standard InChI is InChI=1S/C13H20N2O/c1-3-15-8-7-14-13(10-15)11-5-4-6-12(9-11)16-2/h4-6,9,13-14H,3,7-8,10H2,1-2H3/t13-/m1/s1. The number of methoxy groups -OCH3 is 1. The van der Waals surface area contributed by atoms with Crippen LogP contribution in [0, 0.1) is 0 Å². The SMILES string of the molecule is CCN1CCN[C@@H](c2cccc(OC)c2)C1. The van der Waals surface area contributed by atoms with Crippen LogP contribution >= 0.6 is 0 Å². The van der Waals surface area contributed by atoms with Gasteiger partial charge < -0.3 is 15.0 Å². The number of benzene rings is 1. The number of nitrogens with one attached hydrogen (secondary N) is 1. The highest BCUT2D eigenvalue weighted by atomic mass is 16.5. The molecule has 3 nitrogen and oxygen atoms in total. The zero-order valence-corrected chi connectivity index (χ0v) is 10.1. The normalized spacial score (nSPS) is 22.0. The summed E-state index contributed by atoms with van der Waals surface area (Å²) in [4.78, 5) is 2.47. The third-order valence-electron chi connectivity index (χ3n) is 3.20. The molecule has 1 N–H and O–H groups in total. The quantitative estimate of drug-likeness (QED) is 0.838. The molecule has 1 heterocycles. The third kappa shape index (κ3) is 2.54. The number of likely N-dealkylation sites (N-methyl/N-ethyl adjacent to an activating group) is 1. The summed E-state index contributed by atoms with van der Waals surface area (Å²) in [5.74, 6) is 0.938. The van der Waals surface area contributed by atoms with E-state index in [0.717, 1.165) is 31.9 Å². The highest BCUT2D eigenvalue weighted by Crippen LogP contribution is 2.21. The van der Waals surface area contributed by atoms with Gasteiger partial charge in [-0.2, -0.15) is 0 Å². The van der Waals surface area contributed by atoms with Crippen LogP contribution in [0.1, 0.15) is 18.5 Å². The molecule has 0 saturated carbocycles. The zero-order valence-electron chi connectivity index (χ0n) is 10.1. The van der Waals surface area contributed by atoms with Gasteiger partial charge in [-0.15, -0.1) is 0 Å². The lowest BCUT2D eigenvalue weighted by Crippen LogP contribution is -2.45. The summed E-state index contributed by atoms with van der Waals surface area (Å²) in [6.45, 7) is 6.65. The van der Waals surface area contributed by atoms with E-state index in [1.165, 1.54) is 5.56 Å². The van der Waals surface area contributed by atoms with Crippen molar-refractivity contribution in [3.63, 3.8) is 0 Å². The van der Waals surface area contributed by atoms with E-state index in [1.54, 1.807) is 7.11 Å². The second-order valence-electron chi connectivity index (χ2n) is 4.18. The molecular formula is C13H20N2O. The van der Waals surface area contributed by atoms with Crippen LogP contribution < -0.4 is 10.1 Å². The minimum atomic E-state index is 0.434. The Balaban J connectivity index is 2.10. The van der Waals surface area contributed by atoms with Crippen LogP contribution in [0.3, 0.4) is 0 Å². The average molecular weight is 220 g/mol. The molecule has 1 aromatic rings. The van der Waals surface area contributed by atoms with E-state index < -0.39 is 0 Å². The largest absolute Gasteiger partial charge is 0.497 e. The highest BCUT2D eigenvalue weighted by molar-refractivity contribution is 5.31. The molecule has 0 bridgehead atoms. The Hall–Kier alpha value is -1.06. The Morgan fingerprint density at radius 2 is 2.38 bits per heavy atom. The summed E-state index contributed by atoms with van der Waals surface area (Å²) >= 11 is 0. The minimum absolute atomic E-state index is 0.434. The van der Waals surface area contributed by atoms with Crippen LogP contribution in [0.15, 0.2) is 24.3 Å². The molecule has 2 rings (SSSR count). The summed E-state index contributed by atoms with van der Waals surface area (Å²) in [5, 5.41) is 3.55. The topological polar surface area (TPSA) is 24.5 Å². The van der Waals surface area contributed by atoms with Gasteiger partial charge in [-0.25, -0.2) is 0 Å². The second kappa shape index (κ2) is 5.32. The van der Waals surface area contributed by atoms with Crippen molar-refractivity contribution in [2.45, 2.75) is 13.0 Å². The van der Waals surface area contributed by atoms with Gasteiger partial charge >= 0.3 is 0 Å². The van der Waals surface area contributed by atoms with E-state index in [-0.39, 0.29) is 0 Å². The van der Waals surface area contributed by atoms with E-state index >= 15 is 0 Å². The molecule has 0 amide bonds. The molecule has 1 aromatic carbocycles. The van der Waals surface area contributed by atoms with Crippen LogP contribution in [0.5, 0.6) is 5.75 Å². The third-order valence-corrected chi connectivity index (χ3v) is 3.20. The minimum Gasteiger partial charge on any atom is -0.497 e. The first kappa shape index (κ1) is 11.4. The first-order valence-electron chi connectivity index (χ1n) is 5.93. The van der Waals surface area contributed by atoms with Gasteiger partial charge in [-0.1, -0.05) is 19.1 Å². The molecule has 0 unspecified atom stereocenters. The molecule has 0 radical (unpaired) electrons. The van der Waals surface area contributed by atoms with Crippen LogP contribution in [0.2, 0.25) is 0 Å². The maximum absolute atomic E-state index is 5.26. The van der Waals surface area contributed by atoms with E-state index in [4.69, 9.17) is 4.74 Å². The van der Waals surface area contributed by atoms with E-state index in [0.29, 0.717) is 6.04 Å². The molecule has 0 aromatic heterocycles. The summed E-state index contributed by atoms with van der Waals surface area (Å²) in [6.07, 6.45) is 0. The van der Waals surface area contributed by atoms with Gasteiger partial charge in [0.1, 0.15) is 5.75 Å². The predicted octanol–water partition coefficient (Wildman–Crippen LogP) is 1.66. The van der Waals surface area contributed by atoms with Crippen molar-refractivity contribution in [1.29, 1.82) is 0 Å². The molecule has 1 aliphatic heterocycles. The zero-order chi connectivity index (χ0) is 11.4. The fourth-order valence-electron chi connectivity index (χ4n) is 2.18. The van der Waals surface area contributed by atoms with E-state index in [2.05, 4.69) is 35.3 Å². The van der Waals surface area contributed by atoms with Gasteiger partial charge in [-0.3, -0.25) is 0 Å². The van der Waals surface area contributed by atoms with Crippen molar-refractivity contribution in [2.24, 2.45) is 0 Å². The molecule has 0 spiro atoms. The Bertz CT molecular complexity index is 340. The lowest BCUT2D eigenvalue weighted by molar-refractivity contribution is 0.210. The van der Waals surface area contributed by atoms with Crippen molar-refractivity contribution in [2.75, 3.05) is 33.3 Å². The fourth-order valence-corrected chi connectivity index (χ4v) is 2.18. The number of hydrogen-bond acceptors (Lipinski definition) is 3. The highest BCUT2D eigenvalue weighted by Gasteiger charge is 2.19. The Morgan fingerprint density at radius 1 is 1.50 bits per heavy atom. The van der Waals surface area contributed by atoms with Gasteiger partial charge in [0, 0.05) is 25.7 Å². The van der Waals surface area contributed by atoms with Crippen molar-refractivity contribution in [3.05, 3.63) is 29.8 Å². The molecule has 0 aliphatic carbocycles. The summed E-state index contributed by atoms with van der Waals surface area (Å²) in [6, 6.07) is 8.77. The predicted molar refractivity (Wildman–Crippen MR) is 65.9 cm³/mol. The van der Waals surface area contributed by atoms with Crippen LogP contribution in [-0.4, -0.2) is 38.2 Å². The molecule has 88 valence electrons. The monoisotopic (exact) mass is 220 g/mol. The maximum Gasteiger partial charge on any atom is 0.119 e. The fraction of sp³-hybridized carbons (Fsp3) is 0.538. The first-order valence-corrected chi connectivity index (χ1v) is 5.93. The molecular weight excluding hydrogens is 200 g/mol. The summed E-state index contributed by atoms with van der Waals surface area (Å²) < 4.78 is 5.26. The molecule has 1 saturated heterocycles. The molecule has 1 aliphatic rings. The average Bonchev–Trinajstić information content (AvgIpc) is 2.39. The number of rotatable bonds is 3. The van der Waals surface area contributed by atoms with Crippen molar-refractivity contribution in [3.8, 4) is 5.75 Å². The van der Waals surface area contributed by atoms with Crippen molar-refractivity contribution in [1.82, 2.24) is 10.2 Å². The van der Waals surface area contributed by atoms with Gasteiger partial charge in [-0.05, 0) is 24.2 Å². The van der Waals surface area contributed by atoms with Gasteiger partial charge in [0.05, 0.1) is 7.11 Å². The molecule has 16 heavy (non-hydrogen) atoms. The summed E-state index contributed by atoms with van der Waals surface area (Å²) in [7, 11) is 1.71. The van der Waals surface area contributed by atoms with E-state index in [1.807, 2.05) is 6.07 Å². The van der Waals surface area contributed by atoms with Crippen molar-refractivity contribution >= 4 is 0 Å². The maximum atomic E-state index is 5.26. The first-order chi connectivity index (χ1) is 7.83. The summed E-state index contributed by atoms with van der Waals surface area (Å²) in [5.41, 5.74) is 1.32. The van der Waals surface area contributed by atoms with Crippen LogP contribution in [0.4, 0.5) is 0 Å². The number of hydrogen-bond donors (Lipinski definition) is 1. The van der Waals surface area contributed by atoms with E-state index in [9.17, 15) is 0 Å². The molecule has 1 fully saturated rings. The number of ether oxygens (including phenoxy) is 1. The smallest absolute Gasteiger partial charge is 0.119 e.